The summed E-state index contributed by atoms with van der Waals surface area (Å²) in [5.74, 6) is -2.76. The summed E-state index contributed by atoms with van der Waals surface area (Å²) < 4.78 is 31.7. The van der Waals surface area contributed by atoms with Gasteiger partial charge in [-0.15, -0.1) is 0 Å². The number of nitrogens with zero attached hydrogens (tertiary/aromatic N) is 6. The van der Waals surface area contributed by atoms with Crippen LogP contribution in [0.5, 0.6) is 0 Å². The third kappa shape index (κ3) is 5.35. The molecule has 10 nitrogen and oxygen atoms in total. The molecule has 6 heterocycles. The molecule has 3 N–H and O–H groups in total. The molecule has 2 bridgehead atoms. The Kier molecular flexibility index (Phi) is 6.64. The molecule has 6 rings (SSSR count). The summed E-state index contributed by atoms with van der Waals surface area (Å²) in [7, 11) is 2.19. The Bertz CT molecular complexity index is 1390. The zero-order chi connectivity index (χ0) is 27.3. The number of rotatable bonds is 4. The quantitative estimate of drug-likeness (QED) is 0.321. The van der Waals surface area contributed by atoms with E-state index in [0.29, 0.717) is 6.04 Å². The summed E-state index contributed by atoms with van der Waals surface area (Å²) in [4.78, 5) is 32.0. The average molecular weight is 567 g/mol. The Morgan fingerprint density at radius 2 is 1.66 bits per heavy atom. The number of H-pyrrole nitrogens is 1. The molecule has 0 spiro atoms. The van der Waals surface area contributed by atoms with Gasteiger partial charge in [-0.2, -0.15) is 18.3 Å². The molecule has 0 saturated carbocycles. The Hall–Kier alpha value is -3.17. The number of carboxylic acid groups (broad SMARTS) is 1. The summed E-state index contributed by atoms with van der Waals surface area (Å²) in [5.41, 5.74) is 2.97. The Labute approximate surface area is 223 Å². The number of thiazole rings is 2. The summed E-state index contributed by atoms with van der Waals surface area (Å²) in [6, 6.07) is 0.500. The van der Waals surface area contributed by atoms with E-state index < -0.39 is 12.1 Å². The van der Waals surface area contributed by atoms with Gasteiger partial charge in [0, 0.05) is 35.9 Å². The standard InChI is InChI=1S/C21H24N8S2.C2HF3O2/c1-20-4-5-21(2,28-20)7-13(6-20)29(3)19-27-18-17(31-19)26-16(30-18)15-11-22-14(10-23-15)12-8-24-25-9-12;3-2(4,5)1(6)7/h8-11,13,28H,4-7H2,1-3H3,(H,24,25);(H,6,7)/t13?,20-,21+;. The summed E-state index contributed by atoms with van der Waals surface area (Å²) >= 11 is 3.25. The maximum absolute atomic E-state index is 10.6. The first-order valence-corrected chi connectivity index (χ1v) is 13.4. The fourth-order valence-corrected chi connectivity index (χ4v) is 7.16. The number of fused-ring (bicyclic) bond motifs is 3. The third-order valence-electron chi connectivity index (χ3n) is 6.93. The van der Waals surface area contributed by atoms with Gasteiger partial charge in [-0.05, 0) is 39.5 Å². The Morgan fingerprint density at radius 1 is 1.05 bits per heavy atom. The zero-order valence-electron chi connectivity index (χ0n) is 20.7. The molecular weight excluding hydrogens is 541 g/mol. The van der Waals surface area contributed by atoms with E-state index >= 15 is 0 Å². The van der Waals surface area contributed by atoms with Crippen molar-refractivity contribution in [1.29, 1.82) is 0 Å². The summed E-state index contributed by atoms with van der Waals surface area (Å²) in [6.45, 7) is 4.73. The van der Waals surface area contributed by atoms with Crippen LogP contribution in [0.25, 0.3) is 31.6 Å². The Balaban J connectivity index is 0.000000374. The number of nitrogens with one attached hydrogen (secondary N) is 2. The highest BCUT2D eigenvalue weighted by atomic mass is 32.1. The number of carboxylic acids is 1. The van der Waals surface area contributed by atoms with Crippen LogP contribution in [0.4, 0.5) is 18.3 Å². The molecule has 0 aliphatic carbocycles. The van der Waals surface area contributed by atoms with Crippen molar-refractivity contribution < 1.29 is 23.1 Å². The SMILES string of the molecule is CN(c1nc2sc(-c3cnc(-c4cn[nH]c4)cn3)nc2s1)C1C[C@]2(C)CC[C@](C)(C1)N2.O=C(O)C(F)(F)F. The predicted octanol–water partition coefficient (Wildman–Crippen LogP) is 4.73. The van der Waals surface area contributed by atoms with Gasteiger partial charge in [0.1, 0.15) is 10.7 Å². The second-order valence-corrected chi connectivity index (χ2v) is 12.1. The maximum Gasteiger partial charge on any atom is 0.490 e. The van der Waals surface area contributed by atoms with Gasteiger partial charge in [0.05, 0.1) is 24.3 Å². The highest BCUT2D eigenvalue weighted by Gasteiger charge is 2.49. The lowest BCUT2D eigenvalue weighted by atomic mass is 9.84. The van der Waals surface area contributed by atoms with E-state index in [0.717, 1.165) is 49.6 Å². The first-order chi connectivity index (χ1) is 17.8. The van der Waals surface area contributed by atoms with Crippen LogP contribution >= 0.6 is 22.7 Å². The van der Waals surface area contributed by atoms with Crippen LogP contribution in [0.1, 0.15) is 39.5 Å². The van der Waals surface area contributed by atoms with Gasteiger partial charge in [-0.3, -0.25) is 10.1 Å². The van der Waals surface area contributed by atoms with Crippen LogP contribution < -0.4 is 10.2 Å². The number of aromatic amines is 1. The average Bonchev–Trinajstić information content (AvgIpc) is 3.61. The molecule has 2 fully saturated rings. The molecule has 2 saturated heterocycles. The monoisotopic (exact) mass is 566 g/mol. The minimum Gasteiger partial charge on any atom is -0.475 e. The maximum atomic E-state index is 10.6. The number of anilines is 1. The molecule has 202 valence electrons. The molecule has 15 heteroatoms. The first kappa shape index (κ1) is 26.4. The van der Waals surface area contributed by atoms with Crippen molar-refractivity contribution in [3.8, 4) is 22.0 Å². The van der Waals surface area contributed by atoms with Gasteiger partial charge in [-0.25, -0.2) is 19.7 Å². The van der Waals surface area contributed by atoms with Gasteiger partial charge in [0.25, 0.3) is 0 Å². The fraction of sp³-hybridized carbons (Fsp3) is 0.478. The third-order valence-corrected chi connectivity index (χ3v) is 9.07. The van der Waals surface area contributed by atoms with Crippen molar-refractivity contribution in [3.63, 3.8) is 0 Å². The predicted molar refractivity (Wildman–Crippen MR) is 138 cm³/mol. The van der Waals surface area contributed by atoms with E-state index in [2.05, 4.69) is 51.3 Å². The van der Waals surface area contributed by atoms with Gasteiger partial charge in [0.15, 0.2) is 14.8 Å². The van der Waals surface area contributed by atoms with Crippen LogP contribution in [0, 0.1) is 0 Å². The molecule has 2 aliphatic rings. The molecule has 4 aromatic heterocycles. The van der Waals surface area contributed by atoms with Gasteiger partial charge in [0.2, 0.25) is 0 Å². The van der Waals surface area contributed by atoms with E-state index in [9.17, 15) is 13.2 Å². The topological polar surface area (TPSA) is 133 Å². The highest BCUT2D eigenvalue weighted by molar-refractivity contribution is 7.29. The van der Waals surface area contributed by atoms with Gasteiger partial charge in [-0.1, -0.05) is 22.7 Å². The van der Waals surface area contributed by atoms with E-state index in [1.54, 1.807) is 47.5 Å². The van der Waals surface area contributed by atoms with Crippen LogP contribution in [0.3, 0.4) is 0 Å². The molecule has 2 aliphatic heterocycles. The molecule has 1 unspecified atom stereocenters. The number of halogens is 3. The second-order valence-electron chi connectivity index (χ2n) is 10.1. The number of piperidine rings is 1. The lowest BCUT2D eigenvalue weighted by Gasteiger charge is -2.45. The van der Waals surface area contributed by atoms with Crippen LogP contribution in [-0.4, -0.2) is 71.6 Å². The lowest BCUT2D eigenvalue weighted by molar-refractivity contribution is -0.192. The minimum absolute atomic E-state index is 0.243. The number of aliphatic carboxylic acids is 1. The highest BCUT2D eigenvalue weighted by Crippen LogP contribution is 2.45. The van der Waals surface area contributed by atoms with E-state index in [-0.39, 0.29) is 11.1 Å². The Morgan fingerprint density at radius 3 is 2.18 bits per heavy atom. The van der Waals surface area contributed by atoms with Crippen molar-refractivity contribution >= 4 is 43.4 Å². The molecular formula is C23H25F3N8O2S2. The normalized spacial score (nSPS) is 24.7. The van der Waals surface area contributed by atoms with E-state index in [1.807, 2.05) is 0 Å². The molecule has 0 aromatic carbocycles. The second kappa shape index (κ2) is 9.54. The summed E-state index contributed by atoms with van der Waals surface area (Å²) in [6.07, 6.45) is 6.81. The molecule has 38 heavy (non-hydrogen) atoms. The molecule has 4 aromatic rings. The number of aromatic nitrogens is 6. The van der Waals surface area contributed by atoms with Gasteiger partial charge < -0.3 is 15.3 Å². The fourth-order valence-electron chi connectivity index (χ4n) is 5.12. The minimum atomic E-state index is -5.08. The smallest absolute Gasteiger partial charge is 0.475 e. The lowest BCUT2D eigenvalue weighted by Crippen LogP contribution is -2.58. The number of alkyl halides is 3. The summed E-state index contributed by atoms with van der Waals surface area (Å²) in [5, 5.41) is 19.7. The van der Waals surface area contributed by atoms with Crippen molar-refractivity contribution in [2.75, 3.05) is 11.9 Å². The van der Waals surface area contributed by atoms with Crippen LogP contribution in [0.2, 0.25) is 0 Å². The molecule has 0 radical (unpaired) electrons. The van der Waals surface area contributed by atoms with Crippen molar-refractivity contribution in [2.24, 2.45) is 0 Å². The first-order valence-electron chi connectivity index (χ1n) is 11.8. The van der Waals surface area contributed by atoms with E-state index in [4.69, 9.17) is 19.9 Å². The largest absolute Gasteiger partial charge is 0.490 e. The van der Waals surface area contributed by atoms with Gasteiger partial charge >= 0.3 is 12.1 Å². The van der Waals surface area contributed by atoms with Crippen LogP contribution in [-0.2, 0) is 4.79 Å². The zero-order valence-corrected chi connectivity index (χ0v) is 22.3. The number of hydrogen-bond donors (Lipinski definition) is 3. The van der Waals surface area contributed by atoms with Crippen LogP contribution in [0.15, 0.2) is 24.8 Å². The van der Waals surface area contributed by atoms with Crippen molar-refractivity contribution in [2.45, 2.75) is 62.8 Å². The van der Waals surface area contributed by atoms with Crippen molar-refractivity contribution in [1.82, 2.24) is 35.5 Å². The van der Waals surface area contributed by atoms with E-state index in [1.165, 1.54) is 12.8 Å². The van der Waals surface area contributed by atoms with Crippen molar-refractivity contribution in [3.05, 3.63) is 24.8 Å². The number of carbonyl (C=O) groups is 1. The molecule has 0 amide bonds. The molecule has 3 atom stereocenters. The number of hydrogen-bond acceptors (Lipinski definition) is 10.